The van der Waals surface area contributed by atoms with E-state index in [4.69, 9.17) is 41.4 Å². The van der Waals surface area contributed by atoms with Crippen molar-refractivity contribution in [2.75, 3.05) is 19.8 Å². The van der Waals surface area contributed by atoms with Crippen LogP contribution >= 0.6 is 24.3 Å². The van der Waals surface area contributed by atoms with Crippen LogP contribution in [0.4, 0.5) is 0 Å². The van der Waals surface area contributed by atoms with Gasteiger partial charge < -0.3 is 19.1 Å². The Morgan fingerprint density at radius 1 is 0.738 bits per heavy atom. The second-order valence-corrected chi connectivity index (χ2v) is 16.6. The average molecular weight is 663 g/mol. The second kappa shape index (κ2) is 15.1. The molecule has 3 rings (SSSR count). The molecule has 0 bridgehead atoms. The first-order valence-electron chi connectivity index (χ1n) is 14.5. The van der Waals surface area contributed by atoms with E-state index in [2.05, 4.69) is 20.8 Å². The van der Waals surface area contributed by atoms with Crippen molar-refractivity contribution in [2.45, 2.75) is 136 Å². The first-order chi connectivity index (χ1) is 19.3. The number of hydrogen-bond donors (Lipinski definition) is 1. The highest BCUT2D eigenvalue weighted by molar-refractivity contribution is 7.47. The van der Waals surface area contributed by atoms with Crippen molar-refractivity contribution in [2.24, 2.45) is 11.3 Å². The predicted molar refractivity (Wildman–Crippen MR) is 153 cm³/mol. The highest BCUT2D eigenvalue weighted by Gasteiger charge is 2.47. The number of phosphoric acid groups is 1. The molecular weight excluding hydrogens is 613 g/mol. The molecule has 244 valence electrons. The van der Waals surface area contributed by atoms with Gasteiger partial charge in [0.2, 0.25) is 0 Å². The molecule has 0 aromatic rings. The molecule has 3 aliphatic rings. The maximum absolute atomic E-state index is 12.7. The van der Waals surface area contributed by atoms with Gasteiger partial charge >= 0.3 is 24.3 Å². The lowest BCUT2D eigenvalue weighted by atomic mass is 9.76. The quantitative estimate of drug-likeness (QED) is 0.209. The number of hydrogen-bond acceptors (Lipinski definition) is 12. The van der Waals surface area contributed by atoms with Gasteiger partial charge in [-0.15, -0.1) is 18.1 Å². The summed E-state index contributed by atoms with van der Waals surface area (Å²) >= 11 is 0. The van der Waals surface area contributed by atoms with Crippen molar-refractivity contribution in [1.82, 2.24) is 0 Å². The van der Waals surface area contributed by atoms with Gasteiger partial charge in [0.1, 0.15) is 37.6 Å². The first-order valence-corrected chi connectivity index (χ1v) is 18.2. The van der Waals surface area contributed by atoms with Crippen molar-refractivity contribution in [3.05, 3.63) is 0 Å². The molecule has 42 heavy (non-hydrogen) atoms. The van der Waals surface area contributed by atoms with Gasteiger partial charge in [-0.05, 0) is 59.3 Å². The van der Waals surface area contributed by atoms with Crippen molar-refractivity contribution >= 4 is 24.3 Å². The lowest BCUT2D eigenvalue weighted by Crippen LogP contribution is -2.31. The van der Waals surface area contributed by atoms with Crippen LogP contribution in [0, 0.1) is 11.3 Å². The normalized spacial score (nSPS) is 36.3. The van der Waals surface area contributed by atoms with Crippen molar-refractivity contribution in [1.29, 1.82) is 0 Å². The third-order valence-electron chi connectivity index (χ3n) is 7.25. The maximum atomic E-state index is 12.7. The van der Waals surface area contributed by atoms with Gasteiger partial charge in [-0.1, -0.05) is 20.8 Å². The van der Waals surface area contributed by atoms with Crippen molar-refractivity contribution in [3.8, 4) is 0 Å². The van der Waals surface area contributed by atoms with Crippen LogP contribution in [0.2, 0.25) is 0 Å². The van der Waals surface area contributed by atoms with Crippen LogP contribution in [0.15, 0.2) is 0 Å². The Kier molecular flexibility index (Phi) is 13.1. The van der Waals surface area contributed by atoms with Crippen LogP contribution in [0.3, 0.4) is 0 Å². The van der Waals surface area contributed by atoms with Crippen molar-refractivity contribution < 1.29 is 59.9 Å². The maximum Gasteiger partial charge on any atom is 0.697 e. The summed E-state index contributed by atoms with van der Waals surface area (Å²) in [4.78, 5) is 9.97. The monoisotopic (exact) mass is 662 g/mol. The zero-order chi connectivity index (χ0) is 31.5. The van der Waals surface area contributed by atoms with E-state index < -0.39 is 54.3 Å². The Balaban J connectivity index is 1.45. The molecule has 13 nitrogen and oxygen atoms in total. The van der Waals surface area contributed by atoms with Gasteiger partial charge in [0, 0.05) is 22.0 Å². The zero-order valence-corrected chi connectivity index (χ0v) is 28.8. The fourth-order valence-electron chi connectivity index (χ4n) is 5.47. The summed E-state index contributed by atoms with van der Waals surface area (Å²) < 4.78 is 87.6. The summed E-state index contributed by atoms with van der Waals surface area (Å²) in [6, 6.07) is 0. The van der Waals surface area contributed by atoms with E-state index in [-0.39, 0.29) is 55.6 Å². The van der Waals surface area contributed by atoms with Crippen molar-refractivity contribution in [3.63, 3.8) is 0 Å². The van der Waals surface area contributed by atoms with Crippen LogP contribution < -0.4 is 0 Å². The standard InChI is InChI=1S/C26H48O13P3/c1-16-10-19(25(4,5)6)22(34-16)13-31-40(27)37-20-11-17(2)35-23(20)14-32-41(28)38-21-12-18(3)36-24(21)15-33-42(29,30)39-26(7,8)9/h16-24H,10-15H2,1-9H3/q+1/p+1/t16-,17-,18-,19?,20?,21?,22+,23+,24+/m0/s1. The average Bonchev–Trinajstić information content (AvgIpc) is 3.49. The molecule has 0 radical (unpaired) electrons. The lowest BCUT2D eigenvalue weighted by Gasteiger charge is -2.29. The number of rotatable bonds is 14. The van der Waals surface area contributed by atoms with E-state index in [0.29, 0.717) is 12.8 Å². The van der Waals surface area contributed by atoms with E-state index in [1.807, 2.05) is 13.8 Å². The first kappa shape index (κ1) is 36.5. The largest absolute Gasteiger partial charge is 0.697 e. The molecule has 0 amide bonds. The summed E-state index contributed by atoms with van der Waals surface area (Å²) in [7, 11) is -9.39. The summed E-state index contributed by atoms with van der Waals surface area (Å²) in [5, 5.41) is 0. The lowest BCUT2D eigenvalue weighted by molar-refractivity contribution is -0.0285. The highest BCUT2D eigenvalue weighted by atomic mass is 31.2. The van der Waals surface area contributed by atoms with Crippen LogP contribution in [-0.2, 0) is 55.0 Å². The fraction of sp³-hybridized carbons (Fsp3) is 1.00. The Bertz CT molecular complexity index is 968. The Morgan fingerprint density at radius 2 is 1.17 bits per heavy atom. The van der Waals surface area contributed by atoms with E-state index in [1.54, 1.807) is 27.7 Å². The predicted octanol–water partition coefficient (Wildman–Crippen LogP) is 6.23. The Hall–Kier alpha value is 0.0300. The molecule has 6 unspecified atom stereocenters. The van der Waals surface area contributed by atoms with E-state index >= 15 is 0 Å². The third-order valence-corrected chi connectivity index (χ3v) is 10.1. The summed E-state index contributed by atoms with van der Waals surface area (Å²) in [6.45, 7) is 16.8. The smallest absolute Gasteiger partial charge is 0.372 e. The molecule has 3 aliphatic heterocycles. The fourth-order valence-corrected chi connectivity index (χ4v) is 8.10. The van der Waals surface area contributed by atoms with Gasteiger partial charge in [0.15, 0.2) is 0 Å². The Morgan fingerprint density at radius 3 is 1.64 bits per heavy atom. The molecule has 0 aromatic heterocycles. The molecule has 0 aliphatic carbocycles. The van der Waals surface area contributed by atoms with E-state index in [0.717, 1.165) is 6.42 Å². The highest BCUT2D eigenvalue weighted by Crippen LogP contribution is 2.48. The molecule has 3 saturated heterocycles. The summed E-state index contributed by atoms with van der Waals surface area (Å²) in [5.41, 5.74) is -0.862. The van der Waals surface area contributed by atoms with Gasteiger partial charge in [0.05, 0.1) is 36.6 Å². The van der Waals surface area contributed by atoms with Gasteiger partial charge in [-0.2, -0.15) is 0 Å². The molecule has 0 spiro atoms. The minimum absolute atomic E-state index is 0.0262. The van der Waals surface area contributed by atoms with Crippen LogP contribution in [0.25, 0.3) is 0 Å². The van der Waals surface area contributed by atoms with Crippen LogP contribution in [0.5, 0.6) is 0 Å². The van der Waals surface area contributed by atoms with E-state index in [9.17, 15) is 18.6 Å². The van der Waals surface area contributed by atoms with Gasteiger partial charge in [-0.25, -0.2) is 4.57 Å². The summed E-state index contributed by atoms with van der Waals surface area (Å²) in [6.07, 6.45) is -1.43. The Labute approximate surface area is 251 Å². The van der Waals surface area contributed by atoms with Gasteiger partial charge in [-0.3, -0.25) is 9.05 Å². The molecule has 0 aromatic carbocycles. The molecule has 3 fully saturated rings. The minimum Gasteiger partial charge on any atom is -0.372 e. The SMILES string of the molecule is C[C@H]1CC(O[P+](=O)OC[C@H]2O[C@@H](C)CC2C(C)(C)C)[C@@H](CO[P+](=O)OC2C[C@H](C)O[C@@H]2COP(=O)(O)OC(C)(C)C)O1. The zero-order valence-electron chi connectivity index (χ0n) is 26.1. The minimum atomic E-state index is -4.34. The topological polar surface area (TPSA) is 155 Å². The molecule has 3 heterocycles. The number of ether oxygens (including phenoxy) is 3. The van der Waals surface area contributed by atoms with Crippen LogP contribution in [0.1, 0.15) is 81.6 Å². The molecule has 12 atom stereocenters. The molecule has 16 heteroatoms. The number of phosphoric ester groups is 1. The second-order valence-electron chi connectivity index (χ2n) is 13.4. The summed E-state index contributed by atoms with van der Waals surface area (Å²) in [5.74, 6) is 0.271. The van der Waals surface area contributed by atoms with E-state index in [1.165, 1.54) is 0 Å². The molecule has 1 N–H and O–H groups in total. The molecule has 0 saturated carbocycles. The molecular formula is C26H49O13P3+2. The van der Waals surface area contributed by atoms with Gasteiger partial charge in [0.25, 0.3) is 0 Å². The van der Waals surface area contributed by atoms with Crippen LogP contribution in [-0.4, -0.2) is 79.1 Å². The third kappa shape index (κ3) is 11.8.